The van der Waals surface area contributed by atoms with Gasteiger partial charge >= 0.3 is 5.97 Å². The summed E-state index contributed by atoms with van der Waals surface area (Å²) in [5, 5.41) is 0. The number of aldehydes is 1. The van der Waals surface area contributed by atoms with Crippen LogP contribution in [0.1, 0.15) is 79.1 Å². The summed E-state index contributed by atoms with van der Waals surface area (Å²) in [6.45, 7) is 9.13. The molecule has 0 aromatic rings. The maximum Gasteiger partial charge on any atom is 0.333 e. The van der Waals surface area contributed by atoms with Crippen LogP contribution in [0.2, 0.25) is 0 Å². The van der Waals surface area contributed by atoms with Crippen LogP contribution in [0.4, 0.5) is 0 Å². The monoisotopic (exact) mass is 400 g/mol. The van der Waals surface area contributed by atoms with Crippen LogP contribution in [0.3, 0.4) is 0 Å². The maximum absolute atomic E-state index is 12.5. The second kappa shape index (κ2) is 6.18. The topological polar surface area (TPSA) is 55.9 Å². The van der Waals surface area contributed by atoms with E-state index in [0.29, 0.717) is 16.9 Å². The SMILES string of the molecule is C/C=C(\C)C(=O)O[C@@H]1CC[C@@]2(C)[C@@H]3CC[C@@H]4C[C@@]3(CC[C@@H]2[C@]1(C)C=O)C[C@@]41CO1. The molecule has 1 heterocycles. The molecule has 2 spiro atoms. The molecule has 0 aromatic heterocycles. The summed E-state index contributed by atoms with van der Waals surface area (Å²) in [4.78, 5) is 25.0. The zero-order chi connectivity index (χ0) is 20.7. The summed E-state index contributed by atoms with van der Waals surface area (Å²) < 4.78 is 11.9. The van der Waals surface area contributed by atoms with Gasteiger partial charge in [-0.05, 0) is 101 Å². The van der Waals surface area contributed by atoms with Crippen LogP contribution in [0, 0.1) is 34.0 Å². The lowest BCUT2D eigenvalue weighted by Gasteiger charge is -2.64. The highest BCUT2D eigenvalue weighted by molar-refractivity contribution is 5.88. The highest BCUT2D eigenvalue weighted by Gasteiger charge is 2.72. The van der Waals surface area contributed by atoms with E-state index in [1.807, 2.05) is 6.92 Å². The van der Waals surface area contributed by atoms with Crippen molar-refractivity contribution < 1.29 is 19.1 Å². The van der Waals surface area contributed by atoms with Crippen LogP contribution >= 0.6 is 0 Å². The van der Waals surface area contributed by atoms with Crippen molar-refractivity contribution in [1.29, 1.82) is 0 Å². The lowest BCUT2D eigenvalue weighted by atomic mass is 9.40. The molecule has 160 valence electrons. The minimum atomic E-state index is -0.596. The van der Waals surface area contributed by atoms with Gasteiger partial charge in [-0.3, -0.25) is 0 Å². The van der Waals surface area contributed by atoms with E-state index in [1.165, 1.54) is 32.1 Å². The van der Waals surface area contributed by atoms with Crippen molar-refractivity contribution in [3.63, 3.8) is 0 Å². The normalized spacial score (nSPS) is 53.2. The fourth-order valence-electron chi connectivity index (χ4n) is 8.65. The minimum Gasteiger partial charge on any atom is -0.458 e. The van der Waals surface area contributed by atoms with Gasteiger partial charge in [0.2, 0.25) is 0 Å². The molecule has 0 N–H and O–H groups in total. The van der Waals surface area contributed by atoms with Gasteiger partial charge in [-0.15, -0.1) is 0 Å². The third kappa shape index (κ3) is 2.53. The van der Waals surface area contributed by atoms with Gasteiger partial charge in [-0.1, -0.05) is 13.0 Å². The molecule has 4 aliphatic carbocycles. The van der Waals surface area contributed by atoms with Crippen molar-refractivity contribution in [2.75, 3.05) is 6.61 Å². The number of carbonyl (C=O) groups excluding carboxylic acids is 2. The lowest BCUT2D eigenvalue weighted by molar-refractivity contribution is -0.196. The molecule has 5 aliphatic rings. The molecule has 0 aromatic carbocycles. The number of fused-ring (bicyclic) bond motifs is 4. The van der Waals surface area contributed by atoms with Crippen molar-refractivity contribution in [3.05, 3.63) is 11.6 Å². The first kappa shape index (κ1) is 19.8. The van der Waals surface area contributed by atoms with E-state index in [0.717, 1.165) is 38.1 Å². The van der Waals surface area contributed by atoms with Crippen molar-refractivity contribution in [1.82, 2.24) is 0 Å². The molecule has 0 amide bonds. The van der Waals surface area contributed by atoms with Gasteiger partial charge in [-0.2, -0.15) is 0 Å². The summed E-state index contributed by atoms with van der Waals surface area (Å²) in [6, 6.07) is 0. The Morgan fingerprint density at radius 1 is 1.10 bits per heavy atom. The van der Waals surface area contributed by atoms with E-state index < -0.39 is 5.41 Å². The molecule has 2 bridgehead atoms. The predicted octanol–water partition coefficient (Wildman–Crippen LogP) is 4.86. The van der Waals surface area contributed by atoms with Crippen molar-refractivity contribution in [3.8, 4) is 0 Å². The smallest absolute Gasteiger partial charge is 0.333 e. The molecule has 29 heavy (non-hydrogen) atoms. The molecular weight excluding hydrogens is 364 g/mol. The number of allylic oxidation sites excluding steroid dienone is 1. The quantitative estimate of drug-likeness (QED) is 0.294. The van der Waals surface area contributed by atoms with Gasteiger partial charge in [0.1, 0.15) is 12.4 Å². The number of rotatable bonds is 3. The minimum absolute atomic E-state index is 0.151. The van der Waals surface area contributed by atoms with E-state index in [1.54, 1.807) is 13.0 Å². The summed E-state index contributed by atoms with van der Waals surface area (Å²) in [5.41, 5.74) is 0.801. The Balaban J connectivity index is 1.45. The van der Waals surface area contributed by atoms with Crippen molar-refractivity contribution >= 4 is 12.3 Å². The Morgan fingerprint density at radius 2 is 1.86 bits per heavy atom. The van der Waals surface area contributed by atoms with Crippen LogP contribution in [-0.2, 0) is 19.1 Å². The van der Waals surface area contributed by atoms with Crippen molar-refractivity contribution in [2.45, 2.75) is 90.8 Å². The Morgan fingerprint density at radius 3 is 2.52 bits per heavy atom. The van der Waals surface area contributed by atoms with Gasteiger partial charge in [0, 0.05) is 5.57 Å². The molecule has 1 saturated heterocycles. The number of ether oxygens (including phenoxy) is 2. The Bertz CT molecular complexity index is 767. The van der Waals surface area contributed by atoms with Crippen LogP contribution in [0.25, 0.3) is 0 Å². The first-order valence-electron chi connectivity index (χ1n) is 11.7. The van der Waals surface area contributed by atoms with Crippen LogP contribution in [0.15, 0.2) is 11.6 Å². The fraction of sp³-hybridized carbons (Fsp3) is 0.840. The van der Waals surface area contributed by atoms with Gasteiger partial charge in [0.05, 0.1) is 17.6 Å². The number of epoxide rings is 1. The standard InChI is InChI=1S/C25H36O4/c1-5-16(2)21(27)29-20-9-10-22(3)18(23(20,4)14-26)8-11-24-12-17(6-7-19(22)24)25(13-24)15-28-25/h5,14,17-20H,6-13,15H2,1-4H3/b16-5+/t17-,18+,19+,20-,22-,23+,24+,25-/m1/s1. The maximum atomic E-state index is 12.5. The average Bonchev–Trinajstić information content (AvgIpc) is 3.44. The number of carbonyl (C=O) groups is 2. The predicted molar refractivity (Wildman–Crippen MR) is 110 cm³/mol. The largest absolute Gasteiger partial charge is 0.458 e. The third-order valence-electron chi connectivity index (χ3n) is 10.3. The number of hydrogen-bond acceptors (Lipinski definition) is 4. The van der Waals surface area contributed by atoms with Gasteiger partial charge in [0.25, 0.3) is 0 Å². The second-order valence-electron chi connectivity index (χ2n) is 11.4. The first-order valence-corrected chi connectivity index (χ1v) is 11.7. The molecule has 4 saturated carbocycles. The molecule has 0 radical (unpaired) electrons. The Hall–Kier alpha value is -1.16. The van der Waals surface area contributed by atoms with Crippen LogP contribution in [0.5, 0.6) is 0 Å². The number of hydrogen-bond donors (Lipinski definition) is 0. The fourth-order valence-corrected chi connectivity index (χ4v) is 8.65. The lowest BCUT2D eigenvalue weighted by Crippen LogP contribution is -2.61. The summed E-state index contributed by atoms with van der Waals surface area (Å²) >= 11 is 0. The Kier molecular flexibility index (Phi) is 4.22. The summed E-state index contributed by atoms with van der Waals surface area (Å²) in [6.07, 6.45) is 11.9. The zero-order valence-corrected chi connectivity index (χ0v) is 18.5. The third-order valence-corrected chi connectivity index (χ3v) is 10.3. The molecule has 4 heteroatoms. The first-order chi connectivity index (χ1) is 13.7. The molecule has 1 aliphatic heterocycles. The van der Waals surface area contributed by atoms with E-state index >= 15 is 0 Å². The van der Waals surface area contributed by atoms with Crippen LogP contribution in [-0.4, -0.2) is 30.6 Å². The molecule has 0 unspecified atom stereocenters. The van der Waals surface area contributed by atoms with E-state index in [9.17, 15) is 9.59 Å². The molecule has 8 atom stereocenters. The molecule has 4 nitrogen and oxygen atoms in total. The average molecular weight is 401 g/mol. The highest BCUT2D eigenvalue weighted by Crippen LogP contribution is 2.74. The van der Waals surface area contributed by atoms with E-state index in [2.05, 4.69) is 13.8 Å². The van der Waals surface area contributed by atoms with E-state index in [4.69, 9.17) is 9.47 Å². The zero-order valence-electron chi connectivity index (χ0n) is 18.5. The number of esters is 1. The van der Waals surface area contributed by atoms with Crippen molar-refractivity contribution in [2.24, 2.45) is 34.0 Å². The molecule has 5 fully saturated rings. The second-order valence-corrected chi connectivity index (χ2v) is 11.4. The van der Waals surface area contributed by atoms with Crippen LogP contribution < -0.4 is 0 Å². The Labute approximate surface area is 174 Å². The van der Waals surface area contributed by atoms with E-state index in [-0.39, 0.29) is 29.0 Å². The van der Waals surface area contributed by atoms with Gasteiger partial charge < -0.3 is 14.3 Å². The van der Waals surface area contributed by atoms with Gasteiger partial charge in [0.15, 0.2) is 0 Å². The highest BCUT2D eigenvalue weighted by atomic mass is 16.6. The molecular formula is C25H36O4. The summed E-state index contributed by atoms with van der Waals surface area (Å²) in [7, 11) is 0. The van der Waals surface area contributed by atoms with Gasteiger partial charge in [-0.25, -0.2) is 4.79 Å². The summed E-state index contributed by atoms with van der Waals surface area (Å²) in [5.74, 6) is 1.44. The molecule has 5 rings (SSSR count).